The fraction of sp³-hybridized carbons (Fsp3) is 0.360. The minimum Gasteiger partial charge on any atom is -0.493 e. The summed E-state index contributed by atoms with van der Waals surface area (Å²) in [7, 11) is 1.56. The summed E-state index contributed by atoms with van der Waals surface area (Å²) < 4.78 is 11.9. The van der Waals surface area contributed by atoms with Crippen molar-refractivity contribution in [2.75, 3.05) is 18.6 Å². The van der Waals surface area contributed by atoms with Crippen molar-refractivity contribution in [3.8, 4) is 5.75 Å². The Morgan fingerprint density at radius 3 is 2.84 bits per heavy atom. The van der Waals surface area contributed by atoms with Crippen LogP contribution in [0.2, 0.25) is 0 Å². The van der Waals surface area contributed by atoms with E-state index >= 15 is 0 Å². The van der Waals surface area contributed by atoms with Gasteiger partial charge < -0.3 is 14.1 Å². The van der Waals surface area contributed by atoms with Crippen molar-refractivity contribution in [2.24, 2.45) is 5.10 Å². The number of hydrogen-bond acceptors (Lipinski definition) is 5. The molecule has 0 bridgehead atoms. The average molecular weight is 498 g/mol. The second kappa shape index (κ2) is 8.62. The first-order valence-electron chi connectivity index (χ1n) is 10.8. The van der Waals surface area contributed by atoms with Gasteiger partial charge in [-0.25, -0.2) is 5.43 Å². The van der Waals surface area contributed by atoms with E-state index in [1.165, 1.54) is 11.3 Å². The number of amides is 1. The van der Waals surface area contributed by atoms with Crippen LogP contribution in [0.3, 0.4) is 0 Å². The largest absolute Gasteiger partial charge is 0.493 e. The maximum Gasteiger partial charge on any atom is 0.307 e. The van der Waals surface area contributed by atoms with Gasteiger partial charge in [0, 0.05) is 27.6 Å². The van der Waals surface area contributed by atoms with E-state index < -0.39 is 5.91 Å². The fourth-order valence-electron chi connectivity index (χ4n) is 4.76. The van der Waals surface area contributed by atoms with Gasteiger partial charge in [-0.2, -0.15) is 5.10 Å². The Morgan fingerprint density at radius 2 is 2.12 bits per heavy atom. The molecule has 168 valence electrons. The second-order valence-corrected chi connectivity index (χ2v) is 9.73. The molecule has 4 rings (SSSR count). The molecule has 0 spiro atoms. The number of hydrogen-bond donors (Lipinski definition) is 1. The van der Waals surface area contributed by atoms with Crippen LogP contribution in [0, 0.1) is 0 Å². The van der Waals surface area contributed by atoms with Crippen LogP contribution in [0.1, 0.15) is 61.7 Å². The number of nitrogens with zero attached hydrogens (tertiary/aromatic N) is 2. The molecule has 32 heavy (non-hydrogen) atoms. The molecule has 0 unspecified atom stereocenters. The maximum atomic E-state index is 12.5. The van der Waals surface area contributed by atoms with Crippen LogP contribution in [0.15, 0.2) is 50.4 Å². The van der Waals surface area contributed by atoms with Gasteiger partial charge in [0.25, 0.3) is 0 Å². The first-order chi connectivity index (χ1) is 15.2. The van der Waals surface area contributed by atoms with Crippen LogP contribution in [-0.2, 0) is 0 Å². The topological polar surface area (TPSA) is 67.1 Å². The first kappa shape index (κ1) is 22.4. The Labute approximate surface area is 196 Å². The highest BCUT2D eigenvalue weighted by molar-refractivity contribution is 9.10. The third-order valence-corrected chi connectivity index (χ3v) is 6.55. The quantitative estimate of drug-likeness (QED) is 0.342. The third kappa shape index (κ3) is 4.13. The van der Waals surface area contributed by atoms with Crippen LogP contribution in [0.5, 0.6) is 5.75 Å². The van der Waals surface area contributed by atoms with Crippen LogP contribution >= 0.6 is 15.9 Å². The van der Waals surface area contributed by atoms with E-state index in [-0.39, 0.29) is 11.3 Å². The van der Waals surface area contributed by atoms with E-state index in [1.807, 2.05) is 12.1 Å². The summed E-state index contributed by atoms with van der Waals surface area (Å²) in [4.78, 5) is 15.0. The highest BCUT2D eigenvalue weighted by atomic mass is 79.9. The summed E-state index contributed by atoms with van der Waals surface area (Å²) in [5, 5.41) is 4.93. The van der Waals surface area contributed by atoms with Crippen LogP contribution < -0.4 is 15.1 Å². The van der Waals surface area contributed by atoms with E-state index in [2.05, 4.69) is 71.2 Å². The van der Waals surface area contributed by atoms with Crippen molar-refractivity contribution in [1.29, 1.82) is 0 Å². The molecule has 1 aliphatic heterocycles. The van der Waals surface area contributed by atoms with Crippen LogP contribution in [-0.4, -0.2) is 31.3 Å². The maximum absolute atomic E-state index is 12.5. The molecule has 1 atom stereocenters. The lowest BCUT2D eigenvalue weighted by Crippen LogP contribution is -2.48. The number of nitrogens with one attached hydrogen (secondary N) is 1. The summed E-state index contributed by atoms with van der Waals surface area (Å²) in [6, 6.07) is 11.7. The van der Waals surface area contributed by atoms with E-state index in [4.69, 9.17) is 9.15 Å². The molecule has 2 heterocycles. The Morgan fingerprint density at radius 1 is 1.34 bits per heavy atom. The molecule has 1 aromatic heterocycles. The second-order valence-electron chi connectivity index (χ2n) is 8.82. The Kier molecular flexibility index (Phi) is 6.03. The predicted octanol–water partition coefficient (Wildman–Crippen LogP) is 6.08. The van der Waals surface area contributed by atoms with Crippen molar-refractivity contribution in [2.45, 2.75) is 45.6 Å². The number of anilines is 1. The van der Waals surface area contributed by atoms with Crippen LogP contribution in [0.4, 0.5) is 5.69 Å². The molecule has 0 aliphatic carbocycles. The van der Waals surface area contributed by atoms with Gasteiger partial charge in [-0.05, 0) is 74.6 Å². The van der Waals surface area contributed by atoms with E-state index in [9.17, 15) is 4.79 Å². The number of hydrazone groups is 1. The predicted molar refractivity (Wildman–Crippen MR) is 132 cm³/mol. The van der Waals surface area contributed by atoms with Gasteiger partial charge in [-0.1, -0.05) is 28.9 Å². The van der Waals surface area contributed by atoms with Gasteiger partial charge in [0.1, 0.15) is 0 Å². The number of methoxy groups -OCH3 is 1. The minimum atomic E-state index is -0.416. The van der Waals surface area contributed by atoms with Crippen molar-refractivity contribution >= 4 is 44.7 Å². The van der Waals surface area contributed by atoms with Gasteiger partial charge in [0.15, 0.2) is 17.1 Å². The Bertz CT molecular complexity index is 1200. The molecule has 0 saturated heterocycles. The number of fused-ring (bicyclic) bond motifs is 2. The van der Waals surface area contributed by atoms with E-state index in [0.717, 1.165) is 28.4 Å². The van der Waals surface area contributed by atoms with Gasteiger partial charge in [0.05, 0.1) is 13.3 Å². The van der Waals surface area contributed by atoms with Gasteiger partial charge >= 0.3 is 5.91 Å². The lowest BCUT2D eigenvalue weighted by atomic mass is 9.79. The number of rotatable bonds is 5. The normalized spacial score (nSPS) is 17.6. The molecular weight excluding hydrogens is 470 g/mol. The average Bonchev–Trinajstić information content (AvgIpc) is 3.17. The van der Waals surface area contributed by atoms with Crippen molar-refractivity contribution < 1.29 is 13.9 Å². The van der Waals surface area contributed by atoms with Gasteiger partial charge in [0.2, 0.25) is 0 Å². The standard InChI is InChI=1S/C25H28BrN3O3/c1-6-29-20-8-7-16(9-19(20)15(2)13-25(29,3)4)14-27-28-24(30)22-11-17-10-18(26)12-21(31-5)23(17)32-22/h7-12,14-15H,6,13H2,1-5H3,(H,28,30)/b27-14-/t15-/m0/s1. The summed E-state index contributed by atoms with van der Waals surface area (Å²) in [6.07, 6.45) is 2.76. The zero-order chi connectivity index (χ0) is 23.0. The minimum absolute atomic E-state index is 0.135. The molecule has 3 aromatic rings. The lowest BCUT2D eigenvalue weighted by Gasteiger charge is -2.47. The molecule has 2 aromatic carbocycles. The number of ether oxygens (including phenoxy) is 1. The first-order valence-corrected chi connectivity index (χ1v) is 11.5. The molecule has 6 nitrogen and oxygen atoms in total. The molecule has 0 saturated carbocycles. The van der Waals surface area contributed by atoms with Crippen molar-refractivity contribution in [3.05, 3.63) is 57.8 Å². The summed E-state index contributed by atoms with van der Waals surface area (Å²) >= 11 is 3.43. The summed E-state index contributed by atoms with van der Waals surface area (Å²) in [5.74, 6) is 0.772. The number of carbonyl (C=O) groups is 1. The summed E-state index contributed by atoms with van der Waals surface area (Å²) in [6.45, 7) is 10.0. The van der Waals surface area contributed by atoms with Gasteiger partial charge in [-0.15, -0.1) is 0 Å². The van der Waals surface area contributed by atoms with E-state index in [0.29, 0.717) is 17.3 Å². The molecule has 0 fully saturated rings. The Hall–Kier alpha value is -2.80. The van der Waals surface area contributed by atoms with Crippen LogP contribution in [0.25, 0.3) is 11.0 Å². The molecular formula is C25H28BrN3O3. The monoisotopic (exact) mass is 497 g/mol. The fourth-order valence-corrected chi connectivity index (χ4v) is 5.21. The highest BCUT2D eigenvalue weighted by Crippen LogP contribution is 2.43. The molecule has 7 heteroatoms. The molecule has 1 N–H and O–H groups in total. The zero-order valence-corrected chi connectivity index (χ0v) is 20.6. The van der Waals surface area contributed by atoms with Crippen molar-refractivity contribution in [1.82, 2.24) is 5.43 Å². The number of carbonyl (C=O) groups excluding carboxylic acids is 1. The summed E-state index contributed by atoms with van der Waals surface area (Å²) in [5.41, 5.74) is 6.76. The SMILES string of the molecule is CCN1c2ccc(/C=N\NC(=O)c3cc4cc(Br)cc(OC)c4o3)cc2[C@@H](C)CC1(C)C. The molecule has 1 aliphatic rings. The lowest BCUT2D eigenvalue weighted by molar-refractivity contribution is 0.0929. The van der Waals surface area contributed by atoms with E-state index in [1.54, 1.807) is 25.5 Å². The molecule has 1 amide bonds. The van der Waals surface area contributed by atoms with Crippen molar-refractivity contribution in [3.63, 3.8) is 0 Å². The Balaban J connectivity index is 1.52. The molecule has 0 radical (unpaired) electrons. The number of halogens is 1. The smallest absolute Gasteiger partial charge is 0.307 e. The van der Waals surface area contributed by atoms with Gasteiger partial charge in [-0.3, -0.25) is 4.79 Å². The number of benzene rings is 2. The highest BCUT2D eigenvalue weighted by Gasteiger charge is 2.35. The zero-order valence-electron chi connectivity index (χ0n) is 19.0. The third-order valence-electron chi connectivity index (χ3n) is 6.10. The number of furan rings is 1.